The number of hydrogen-bond acceptors (Lipinski definition) is 1. The van der Waals surface area contributed by atoms with Crippen molar-refractivity contribution >= 4 is 5.97 Å². The number of alkyl halides is 1. The molecule has 1 aliphatic carbocycles. The number of carbonyl (C=O) groups is 1. The SMILES string of the molecule is O=C(O)C1(CCF)CCCC1. The van der Waals surface area contributed by atoms with E-state index in [0.717, 1.165) is 12.8 Å². The number of carboxylic acid groups (broad SMARTS) is 1. The average molecular weight is 160 g/mol. The summed E-state index contributed by atoms with van der Waals surface area (Å²) in [5.41, 5.74) is -0.714. The molecule has 64 valence electrons. The van der Waals surface area contributed by atoms with Crippen LogP contribution in [0.1, 0.15) is 32.1 Å². The third-order valence-electron chi connectivity index (χ3n) is 2.59. The summed E-state index contributed by atoms with van der Waals surface area (Å²) in [6, 6.07) is 0. The van der Waals surface area contributed by atoms with Crippen LogP contribution in [0.5, 0.6) is 0 Å². The maximum atomic E-state index is 12.0. The van der Waals surface area contributed by atoms with Crippen LogP contribution in [-0.4, -0.2) is 17.8 Å². The first-order valence-electron chi connectivity index (χ1n) is 4.01. The molecular formula is C8H13FO2. The molecule has 3 heteroatoms. The van der Waals surface area contributed by atoms with Gasteiger partial charge < -0.3 is 5.11 Å². The Morgan fingerprint density at radius 1 is 1.45 bits per heavy atom. The normalized spacial score (nSPS) is 21.9. The van der Waals surface area contributed by atoms with E-state index in [0.29, 0.717) is 12.8 Å². The summed E-state index contributed by atoms with van der Waals surface area (Å²) >= 11 is 0. The van der Waals surface area contributed by atoms with Gasteiger partial charge in [0, 0.05) is 0 Å². The van der Waals surface area contributed by atoms with Crippen molar-refractivity contribution in [1.82, 2.24) is 0 Å². The molecule has 0 saturated heterocycles. The summed E-state index contributed by atoms with van der Waals surface area (Å²) in [6.45, 7) is -0.508. The standard InChI is InChI=1S/C8H13FO2/c9-6-5-8(7(10)11)3-1-2-4-8/h1-6H2,(H,10,11). The van der Waals surface area contributed by atoms with Crippen molar-refractivity contribution in [1.29, 1.82) is 0 Å². The number of carboxylic acids is 1. The number of rotatable bonds is 3. The smallest absolute Gasteiger partial charge is 0.309 e. The molecular weight excluding hydrogens is 147 g/mol. The second-order valence-corrected chi connectivity index (χ2v) is 3.23. The molecule has 0 heterocycles. The number of halogens is 1. The quantitative estimate of drug-likeness (QED) is 0.685. The fourth-order valence-electron chi connectivity index (χ4n) is 1.80. The Kier molecular flexibility index (Phi) is 2.47. The van der Waals surface area contributed by atoms with Gasteiger partial charge in [0.15, 0.2) is 0 Å². The van der Waals surface area contributed by atoms with E-state index < -0.39 is 18.1 Å². The molecule has 0 aromatic heterocycles. The maximum absolute atomic E-state index is 12.0. The summed E-state index contributed by atoms with van der Waals surface area (Å²) in [4.78, 5) is 10.7. The Labute approximate surface area is 65.4 Å². The van der Waals surface area contributed by atoms with Crippen molar-refractivity contribution < 1.29 is 14.3 Å². The zero-order valence-electron chi connectivity index (χ0n) is 6.48. The second-order valence-electron chi connectivity index (χ2n) is 3.23. The summed E-state index contributed by atoms with van der Waals surface area (Å²) in [7, 11) is 0. The topological polar surface area (TPSA) is 37.3 Å². The first-order chi connectivity index (χ1) is 5.21. The lowest BCUT2D eigenvalue weighted by Gasteiger charge is -2.21. The summed E-state index contributed by atoms with van der Waals surface area (Å²) < 4.78 is 12.0. The lowest BCUT2D eigenvalue weighted by atomic mass is 9.83. The summed E-state index contributed by atoms with van der Waals surface area (Å²) in [5, 5.41) is 8.83. The van der Waals surface area contributed by atoms with Crippen molar-refractivity contribution in [3.8, 4) is 0 Å². The Morgan fingerprint density at radius 3 is 2.36 bits per heavy atom. The lowest BCUT2D eigenvalue weighted by molar-refractivity contribution is -0.149. The van der Waals surface area contributed by atoms with Gasteiger partial charge >= 0.3 is 5.97 Å². The van der Waals surface area contributed by atoms with E-state index in [9.17, 15) is 9.18 Å². The van der Waals surface area contributed by atoms with Crippen LogP contribution in [0.4, 0.5) is 4.39 Å². The summed E-state index contributed by atoms with van der Waals surface area (Å²) in [6.07, 6.45) is 3.39. The van der Waals surface area contributed by atoms with Crippen LogP contribution in [0, 0.1) is 5.41 Å². The first kappa shape index (κ1) is 8.50. The van der Waals surface area contributed by atoms with Crippen molar-refractivity contribution in [3.05, 3.63) is 0 Å². The molecule has 1 saturated carbocycles. The fourth-order valence-corrected chi connectivity index (χ4v) is 1.80. The van der Waals surface area contributed by atoms with Crippen molar-refractivity contribution in [2.75, 3.05) is 6.67 Å². The van der Waals surface area contributed by atoms with Crippen molar-refractivity contribution in [3.63, 3.8) is 0 Å². The Hall–Kier alpha value is -0.600. The molecule has 1 N–H and O–H groups in total. The zero-order valence-corrected chi connectivity index (χ0v) is 6.48. The van der Waals surface area contributed by atoms with Gasteiger partial charge in [-0.3, -0.25) is 9.18 Å². The van der Waals surface area contributed by atoms with Crippen molar-refractivity contribution in [2.24, 2.45) is 5.41 Å². The third-order valence-corrected chi connectivity index (χ3v) is 2.59. The second kappa shape index (κ2) is 3.20. The molecule has 0 aliphatic heterocycles. The van der Waals surface area contributed by atoms with Crippen LogP contribution in [0.15, 0.2) is 0 Å². The van der Waals surface area contributed by atoms with E-state index >= 15 is 0 Å². The largest absolute Gasteiger partial charge is 0.481 e. The highest BCUT2D eigenvalue weighted by molar-refractivity contribution is 5.74. The maximum Gasteiger partial charge on any atom is 0.309 e. The van der Waals surface area contributed by atoms with Crippen LogP contribution >= 0.6 is 0 Å². The molecule has 0 atom stereocenters. The molecule has 0 unspecified atom stereocenters. The lowest BCUT2D eigenvalue weighted by Crippen LogP contribution is -2.28. The van der Waals surface area contributed by atoms with Crippen molar-refractivity contribution in [2.45, 2.75) is 32.1 Å². The third kappa shape index (κ3) is 1.52. The van der Waals surface area contributed by atoms with E-state index in [4.69, 9.17) is 5.11 Å². The van der Waals surface area contributed by atoms with Crippen LogP contribution in [0.2, 0.25) is 0 Å². The van der Waals surface area contributed by atoms with Crippen LogP contribution in [0.25, 0.3) is 0 Å². The molecule has 0 bridgehead atoms. The molecule has 0 spiro atoms. The van der Waals surface area contributed by atoms with Gasteiger partial charge in [0.25, 0.3) is 0 Å². The van der Waals surface area contributed by atoms with Gasteiger partial charge in [-0.2, -0.15) is 0 Å². The van der Waals surface area contributed by atoms with E-state index in [1.54, 1.807) is 0 Å². The molecule has 1 aliphatic rings. The van der Waals surface area contributed by atoms with Gasteiger partial charge in [0.2, 0.25) is 0 Å². The Morgan fingerprint density at radius 2 is 2.00 bits per heavy atom. The molecule has 0 amide bonds. The number of aliphatic carboxylic acids is 1. The van der Waals surface area contributed by atoms with Crippen LogP contribution in [0.3, 0.4) is 0 Å². The molecule has 0 radical (unpaired) electrons. The first-order valence-corrected chi connectivity index (χ1v) is 4.01. The van der Waals surface area contributed by atoms with Crippen LogP contribution in [-0.2, 0) is 4.79 Å². The van der Waals surface area contributed by atoms with Gasteiger partial charge in [0.1, 0.15) is 0 Å². The van der Waals surface area contributed by atoms with Gasteiger partial charge in [-0.25, -0.2) is 0 Å². The van der Waals surface area contributed by atoms with E-state index in [1.165, 1.54) is 0 Å². The highest BCUT2D eigenvalue weighted by Gasteiger charge is 2.40. The number of hydrogen-bond donors (Lipinski definition) is 1. The van der Waals surface area contributed by atoms with E-state index in [2.05, 4.69) is 0 Å². The minimum absolute atomic E-state index is 0.197. The molecule has 1 fully saturated rings. The predicted molar refractivity (Wildman–Crippen MR) is 39.1 cm³/mol. The predicted octanol–water partition coefficient (Wildman–Crippen LogP) is 1.99. The molecule has 0 aromatic rings. The van der Waals surface area contributed by atoms with Gasteiger partial charge in [0.05, 0.1) is 12.1 Å². The fraction of sp³-hybridized carbons (Fsp3) is 0.875. The monoisotopic (exact) mass is 160 g/mol. The summed E-state index contributed by atoms with van der Waals surface area (Å²) in [5.74, 6) is -0.812. The molecule has 2 nitrogen and oxygen atoms in total. The van der Waals surface area contributed by atoms with E-state index in [1.807, 2.05) is 0 Å². The minimum atomic E-state index is -0.812. The Bertz CT molecular complexity index is 150. The van der Waals surface area contributed by atoms with E-state index in [-0.39, 0.29) is 6.42 Å². The Balaban J connectivity index is 2.62. The van der Waals surface area contributed by atoms with Crippen LogP contribution < -0.4 is 0 Å². The highest BCUT2D eigenvalue weighted by Crippen LogP contribution is 2.41. The zero-order chi connectivity index (χ0) is 8.32. The average Bonchev–Trinajstić information content (AvgIpc) is 2.38. The van der Waals surface area contributed by atoms with Gasteiger partial charge in [-0.1, -0.05) is 12.8 Å². The van der Waals surface area contributed by atoms with Gasteiger partial charge in [-0.15, -0.1) is 0 Å². The van der Waals surface area contributed by atoms with Gasteiger partial charge in [-0.05, 0) is 19.3 Å². The molecule has 11 heavy (non-hydrogen) atoms. The molecule has 1 rings (SSSR count). The molecule has 0 aromatic carbocycles. The highest BCUT2D eigenvalue weighted by atomic mass is 19.1. The minimum Gasteiger partial charge on any atom is -0.481 e.